The van der Waals surface area contributed by atoms with Crippen LogP contribution in [0.1, 0.15) is 44.4 Å². The van der Waals surface area contributed by atoms with Crippen LogP contribution in [0.2, 0.25) is 18.1 Å². The fraction of sp³-hybridized carbons (Fsp3) is 0.488. The van der Waals surface area contributed by atoms with Gasteiger partial charge in [0.2, 0.25) is 5.91 Å². The summed E-state index contributed by atoms with van der Waals surface area (Å²) in [7, 11) is -2.46. The lowest BCUT2D eigenvalue weighted by molar-refractivity contribution is -0.295. The number of nitrogens with one attached hydrogen (secondary N) is 1. The predicted octanol–water partition coefficient (Wildman–Crippen LogP) is 5.92. The number of hydrogen-bond donors (Lipinski definition) is 3. The molecule has 1 heterocycles. The monoisotopic (exact) mass is 735 g/mol. The van der Waals surface area contributed by atoms with Crippen molar-refractivity contribution in [1.29, 1.82) is 0 Å². The first-order chi connectivity index (χ1) is 24.8. The third-order valence-corrected chi connectivity index (χ3v) is 14.1. The summed E-state index contributed by atoms with van der Waals surface area (Å²) in [6.07, 6.45) is -5.44. The quantitative estimate of drug-likeness (QED) is 0.102. The van der Waals surface area contributed by atoms with Crippen molar-refractivity contribution < 1.29 is 43.1 Å². The Bertz CT molecular complexity index is 1490. The first-order valence-corrected chi connectivity index (χ1v) is 20.8. The largest absolute Gasteiger partial charge is 0.409 e. The zero-order valence-electron chi connectivity index (χ0n) is 31.4. The molecule has 52 heavy (non-hydrogen) atoms. The van der Waals surface area contributed by atoms with E-state index in [2.05, 4.69) is 45.8 Å². The fourth-order valence-corrected chi connectivity index (χ4v) is 6.99. The summed E-state index contributed by atoms with van der Waals surface area (Å²) in [5.41, 5.74) is 2.90. The summed E-state index contributed by atoms with van der Waals surface area (Å²) >= 11 is 0. The number of hydrogen-bond acceptors (Lipinski definition) is 9. The van der Waals surface area contributed by atoms with Crippen LogP contribution in [0.3, 0.4) is 0 Å². The minimum Gasteiger partial charge on any atom is -0.409 e. The molecule has 1 fully saturated rings. The number of amides is 1. The minimum atomic E-state index is -2.46. The van der Waals surface area contributed by atoms with Crippen molar-refractivity contribution in [2.24, 2.45) is 0 Å². The van der Waals surface area contributed by atoms with Crippen LogP contribution < -0.4 is 5.32 Å². The molecule has 0 saturated carbocycles. The van der Waals surface area contributed by atoms with E-state index < -0.39 is 57.3 Å². The molecule has 0 spiro atoms. The third-order valence-electron chi connectivity index (χ3n) is 9.63. The molecule has 0 aromatic heterocycles. The minimum absolute atomic E-state index is 0.133. The summed E-state index contributed by atoms with van der Waals surface area (Å²) in [6, 6.07) is 28.6. The van der Waals surface area contributed by atoms with E-state index in [1.807, 2.05) is 91.0 Å². The Kier molecular flexibility index (Phi) is 15.8. The van der Waals surface area contributed by atoms with Crippen LogP contribution in [-0.2, 0) is 52.7 Å². The van der Waals surface area contributed by atoms with Gasteiger partial charge in [0.05, 0.1) is 39.1 Å². The summed E-state index contributed by atoms with van der Waals surface area (Å²) in [5.74, 6) is -0.313. The second-order valence-electron chi connectivity index (χ2n) is 14.8. The van der Waals surface area contributed by atoms with Gasteiger partial charge in [-0.3, -0.25) is 4.79 Å². The average molecular weight is 736 g/mol. The van der Waals surface area contributed by atoms with E-state index in [0.29, 0.717) is 6.61 Å². The predicted molar refractivity (Wildman–Crippen MR) is 203 cm³/mol. The van der Waals surface area contributed by atoms with Gasteiger partial charge in [-0.15, -0.1) is 6.58 Å². The number of benzene rings is 3. The van der Waals surface area contributed by atoms with Crippen LogP contribution in [0.25, 0.3) is 0 Å². The van der Waals surface area contributed by atoms with E-state index in [1.165, 1.54) is 13.0 Å². The molecule has 0 aliphatic carbocycles. The van der Waals surface area contributed by atoms with Crippen molar-refractivity contribution in [3.63, 3.8) is 0 Å². The molecule has 3 aromatic carbocycles. The molecule has 4 rings (SSSR count). The fourth-order valence-electron chi connectivity index (χ4n) is 5.67. The summed E-state index contributed by atoms with van der Waals surface area (Å²) < 4.78 is 39.3. The Morgan fingerprint density at radius 3 is 1.83 bits per heavy atom. The highest BCUT2D eigenvalue weighted by atomic mass is 28.4. The first kappa shape index (κ1) is 41.5. The lowest BCUT2D eigenvalue weighted by Crippen LogP contribution is -2.66. The molecular weight excluding hydrogens is 679 g/mol. The van der Waals surface area contributed by atoms with Gasteiger partial charge >= 0.3 is 0 Å². The number of rotatable bonds is 19. The Morgan fingerprint density at radius 2 is 1.35 bits per heavy atom. The van der Waals surface area contributed by atoms with Crippen LogP contribution in [0.15, 0.2) is 104 Å². The van der Waals surface area contributed by atoms with Gasteiger partial charge in [0.25, 0.3) is 0 Å². The van der Waals surface area contributed by atoms with E-state index in [9.17, 15) is 15.0 Å². The zero-order chi connectivity index (χ0) is 37.7. The van der Waals surface area contributed by atoms with Gasteiger partial charge in [-0.1, -0.05) is 118 Å². The Labute approximate surface area is 310 Å². The van der Waals surface area contributed by atoms with E-state index in [1.54, 1.807) is 0 Å². The molecule has 1 amide bonds. The maximum atomic E-state index is 12.8. The first-order valence-electron chi connectivity index (χ1n) is 17.9. The number of carbonyl (C=O) groups excluding carboxylic acids is 1. The normalized spacial score (nSPS) is 22.7. The van der Waals surface area contributed by atoms with Gasteiger partial charge in [0, 0.05) is 6.92 Å². The maximum Gasteiger partial charge on any atom is 0.217 e. The van der Waals surface area contributed by atoms with Crippen LogP contribution in [0.5, 0.6) is 0 Å². The molecule has 1 aliphatic rings. The van der Waals surface area contributed by atoms with Crippen molar-refractivity contribution in [2.75, 3.05) is 13.2 Å². The van der Waals surface area contributed by atoms with Crippen molar-refractivity contribution >= 4 is 14.2 Å². The molecule has 284 valence electrons. The van der Waals surface area contributed by atoms with Crippen LogP contribution in [0.4, 0.5) is 0 Å². The van der Waals surface area contributed by atoms with Gasteiger partial charge in [-0.25, -0.2) is 0 Å². The van der Waals surface area contributed by atoms with Crippen molar-refractivity contribution in [2.45, 2.75) is 115 Å². The average Bonchev–Trinajstić information content (AvgIpc) is 3.12. The lowest BCUT2D eigenvalue weighted by atomic mass is 9.95. The number of carbonyl (C=O) groups is 1. The number of ether oxygens (including phenoxy) is 5. The Balaban J connectivity index is 1.68. The van der Waals surface area contributed by atoms with Crippen molar-refractivity contribution in [1.82, 2.24) is 5.32 Å². The number of aliphatic hydroxyl groups is 2. The van der Waals surface area contributed by atoms with Gasteiger partial charge in [-0.2, -0.15) is 0 Å². The molecular formula is C41H57NO9Si. The zero-order valence-corrected chi connectivity index (χ0v) is 32.4. The molecule has 0 unspecified atom stereocenters. The van der Waals surface area contributed by atoms with Crippen LogP contribution in [0, 0.1) is 0 Å². The molecule has 0 radical (unpaired) electrons. The summed E-state index contributed by atoms with van der Waals surface area (Å²) in [6.45, 7) is 16.3. The molecule has 1 saturated heterocycles. The SMILES string of the molecule is C=C[C@@H](O)[C@@H](O)[C@@H](CO[C@H]1O[C@H](COCc2ccccc2)[C@@H](OCc2ccccc2)[C@H](OCc2ccccc2)[C@H]1NC(C)=O)O[Si](C)(C)C(C)(C)C. The van der Waals surface area contributed by atoms with Gasteiger partial charge in [0.1, 0.15) is 36.6 Å². The standard InChI is InChI=1S/C41H57NO9Si/c1-8-33(44)37(45)34(51-52(6,7)41(3,4)5)28-49-40-36(42-29(2)43)39(48-26-32-22-16-11-17-23-32)38(47-25-31-20-14-10-15-21-31)35(50-40)27-46-24-30-18-12-9-13-19-30/h8-23,33-40,44-45H,1,24-28H2,2-7H3,(H,42,43)/t33-,34-,35-,36-,37-,38-,39-,40+/m1/s1. The summed E-state index contributed by atoms with van der Waals surface area (Å²) in [4.78, 5) is 12.8. The molecule has 8 atom stereocenters. The van der Waals surface area contributed by atoms with E-state index in [-0.39, 0.29) is 37.4 Å². The van der Waals surface area contributed by atoms with E-state index in [4.69, 9.17) is 28.1 Å². The maximum absolute atomic E-state index is 12.8. The number of aliphatic hydroxyl groups excluding tert-OH is 2. The molecule has 3 aromatic rings. The van der Waals surface area contributed by atoms with E-state index >= 15 is 0 Å². The highest BCUT2D eigenvalue weighted by Crippen LogP contribution is 2.38. The van der Waals surface area contributed by atoms with Crippen LogP contribution in [-0.4, -0.2) is 86.6 Å². The van der Waals surface area contributed by atoms with Gasteiger partial charge < -0.3 is 43.6 Å². The molecule has 3 N–H and O–H groups in total. The second-order valence-corrected chi connectivity index (χ2v) is 19.5. The highest BCUT2D eigenvalue weighted by Gasteiger charge is 2.49. The van der Waals surface area contributed by atoms with Gasteiger partial charge in [0.15, 0.2) is 14.6 Å². The Hall–Kier alpha value is -3.23. The highest BCUT2D eigenvalue weighted by molar-refractivity contribution is 6.74. The molecule has 11 heteroatoms. The summed E-state index contributed by atoms with van der Waals surface area (Å²) in [5, 5.41) is 24.7. The molecule has 10 nitrogen and oxygen atoms in total. The van der Waals surface area contributed by atoms with Crippen LogP contribution >= 0.6 is 0 Å². The smallest absolute Gasteiger partial charge is 0.217 e. The van der Waals surface area contributed by atoms with Crippen molar-refractivity contribution in [3.8, 4) is 0 Å². The molecule has 1 aliphatic heterocycles. The third kappa shape index (κ3) is 12.2. The van der Waals surface area contributed by atoms with Crippen molar-refractivity contribution in [3.05, 3.63) is 120 Å². The van der Waals surface area contributed by atoms with E-state index in [0.717, 1.165) is 16.7 Å². The topological polar surface area (TPSA) is 125 Å². The Morgan fingerprint density at radius 1 is 0.846 bits per heavy atom. The second kappa shape index (κ2) is 19.7. The lowest BCUT2D eigenvalue weighted by Gasteiger charge is -2.47. The molecule has 0 bridgehead atoms. The van der Waals surface area contributed by atoms with Gasteiger partial charge in [-0.05, 0) is 34.8 Å².